The highest BCUT2D eigenvalue weighted by Crippen LogP contribution is 2.37. The third-order valence-electron chi connectivity index (χ3n) is 5.83. The van der Waals surface area contributed by atoms with Gasteiger partial charge in [-0.05, 0) is 25.3 Å². The average Bonchev–Trinajstić information content (AvgIpc) is 3.06. The van der Waals surface area contributed by atoms with Crippen molar-refractivity contribution < 1.29 is 0 Å². The van der Waals surface area contributed by atoms with Crippen molar-refractivity contribution in [1.82, 2.24) is 13.7 Å². The maximum Gasteiger partial charge on any atom is 0.330 e. The molecule has 26 heavy (non-hydrogen) atoms. The Labute approximate surface area is 152 Å². The van der Waals surface area contributed by atoms with Crippen LogP contribution in [0, 0.1) is 6.92 Å². The van der Waals surface area contributed by atoms with Crippen LogP contribution in [0.4, 0.5) is 0 Å². The highest BCUT2D eigenvalue weighted by atomic mass is 16.2. The molecule has 1 fully saturated rings. The molecule has 0 bridgehead atoms. The van der Waals surface area contributed by atoms with Gasteiger partial charge < -0.3 is 4.57 Å². The average molecular weight is 351 g/mol. The van der Waals surface area contributed by atoms with Crippen LogP contribution in [0.2, 0.25) is 0 Å². The number of hydrogen-bond donors (Lipinski definition) is 0. The van der Waals surface area contributed by atoms with Gasteiger partial charge in [0.1, 0.15) is 0 Å². The Balaban J connectivity index is 2.14. The molecule has 2 heterocycles. The van der Waals surface area contributed by atoms with E-state index < -0.39 is 0 Å². The molecule has 2 aromatic heterocycles. The Hall–Kier alpha value is -2.56. The minimum Gasteiger partial charge on any atom is -0.342 e. The normalized spacial score (nSPS) is 15.7. The Morgan fingerprint density at radius 1 is 0.962 bits per heavy atom. The van der Waals surface area contributed by atoms with Crippen molar-refractivity contribution in [2.24, 2.45) is 14.1 Å². The summed E-state index contributed by atoms with van der Waals surface area (Å²) >= 11 is 0. The highest BCUT2D eigenvalue weighted by molar-refractivity contribution is 5.94. The summed E-state index contributed by atoms with van der Waals surface area (Å²) < 4.78 is 5.08. The smallest absolute Gasteiger partial charge is 0.330 e. The lowest BCUT2D eigenvalue weighted by Crippen LogP contribution is -2.36. The molecule has 1 aliphatic rings. The maximum atomic E-state index is 13.0. The number of nitrogens with zero attached hydrogens (tertiary/aromatic N) is 3. The standard InChI is InChI=1S/C21H25N3O2/c1-14-9-7-8-12-16(14)19-18-17(22(2)21(26)23(3)20(18)25)13-24(19)15-10-5-4-6-11-15/h7-9,12-13,15H,4-6,10-11H2,1-3H3. The fourth-order valence-corrected chi connectivity index (χ4v) is 4.32. The first-order valence-corrected chi connectivity index (χ1v) is 9.37. The monoisotopic (exact) mass is 351 g/mol. The molecule has 3 aromatic rings. The Morgan fingerprint density at radius 3 is 2.35 bits per heavy atom. The van der Waals surface area contributed by atoms with Crippen molar-refractivity contribution in [1.29, 1.82) is 0 Å². The minimum atomic E-state index is -0.278. The molecule has 0 saturated heterocycles. The van der Waals surface area contributed by atoms with E-state index in [9.17, 15) is 9.59 Å². The summed E-state index contributed by atoms with van der Waals surface area (Å²) in [6, 6.07) is 8.56. The van der Waals surface area contributed by atoms with Crippen LogP contribution in [-0.4, -0.2) is 13.7 Å². The molecule has 1 aromatic carbocycles. The Morgan fingerprint density at radius 2 is 1.65 bits per heavy atom. The van der Waals surface area contributed by atoms with Crippen LogP contribution in [0.15, 0.2) is 40.1 Å². The maximum absolute atomic E-state index is 13.0. The van der Waals surface area contributed by atoms with E-state index in [0.717, 1.165) is 35.2 Å². The zero-order valence-corrected chi connectivity index (χ0v) is 15.7. The third kappa shape index (κ3) is 2.45. The van der Waals surface area contributed by atoms with E-state index in [1.54, 1.807) is 18.7 Å². The van der Waals surface area contributed by atoms with E-state index in [1.807, 2.05) is 18.3 Å². The van der Waals surface area contributed by atoms with Crippen molar-refractivity contribution in [3.63, 3.8) is 0 Å². The molecule has 5 nitrogen and oxygen atoms in total. The van der Waals surface area contributed by atoms with Crippen molar-refractivity contribution in [2.75, 3.05) is 0 Å². The molecule has 1 saturated carbocycles. The van der Waals surface area contributed by atoms with Crippen LogP contribution >= 0.6 is 0 Å². The molecule has 1 aliphatic carbocycles. The van der Waals surface area contributed by atoms with Gasteiger partial charge in [0.15, 0.2) is 0 Å². The van der Waals surface area contributed by atoms with Gasteiger partial charge in [0, 0.05) is 31.9 Å². The lowest BCUT2D eigenvalue weighted by atomic mass is 9.94. The molecule has 136 valence electrons. The van der Waals surface area contributed by atoms with Crippen LogP contribution in [0.5, 0.6) is 0 Å². The molecule has 0 spiro atoms. The zero-order chi connectivity index (χ0) is 18.4. The highest BCUT2D eigenvalue weighted by Gasteiger charge is 2.25. The van der Waals surface area contributed by atoms with Gasteiger partial charge in [-0.3, -0.25) is 13.9 Å². The van der Waals surface area contributed by atoms with E-state index >= 15 is 0 Å². The van der Waals surface area contributed by atoms with Gasteiger partial charge >= 0.3 is 5.69 Å². The van der Waals surface area contributed by atoms with E-state index in [2.05, 4.69) is 23.6 Å². The molecule has 0 N–H and O–H groups in total. The quantitative estimate of drug-likeness (QED) is 0.709. The summed E-state index contributed by atoms with van der Waals surface area (Å²) in [4.78, 5) is 25.5. The summed E-state index contributed by atoms with van der Waals surface area (Å²) in [5.74, 6) is 0. The van der Waals surface area contributed by atoms with E-state index in [0.29, 0.717) is 11.4 Å². The minimum absolute atomic E-state index is 0.212. The molecule has 0 unspecified atom stereocenters. The first-order valence-electron chi connectivity index (χ1n) is 9.37. The largest absolute Gasteiger partial charge is 0.342 e. The van der Waals surface area contributed by atoms with Crippen molar-refractivity contribution in [3.05, 3.63) is 56.9 Å². The number of hydrogen-bond acceptors (Lipinski definition) is 2. The second-order valence-corrected chi connectivity index (χ2v) is 7.46. The molecule has 4 rings (SSSR count). The number of fused-ring (bicyclic) bond motifs is 1. The SMILES string of the molecule is Cc1ccccc1-c1c2c(=O)n(C)c(=O)n(C)c2cn1C1CCCCC1. The van der Waals surface area contributed by atoms with Gasteiger partial charge in [-0.25, -0.2) is 4.79 Å². The number of aryl methyl sites for hydroxylation is 2. The number of aromatic nitrogens is 3. The van der Waals surface area contributed by atoms with Crippen molar-refractivity contribution in [2.45, 2.75) is 45.1 Å². The molecular formula is C21H25N3O2. The molecular weight excluding hydrogens is 326 g/mol. The number of benzene rings is 1. The van der Waals surface area contributed by atoms with E-state index in [4.69, 9.17) is 0 Å². The number of rotatable bonds is 2. The molecule has 0 radical (unpaired) electrons. The van der Waals surface area contributed by atoms with Crippen molar-refractivity contribution >= 4 is 10.9 Å². The fourth-order valence-electron chi connectivity index (χ4n) is 4.32. The molecule has 0 aliphatic heterocycles. The molecule has 0 atom stereocenters. The van der Waals surface area contributed by atoms with Crippen LogP contribution < -0.4 is 11.2 Å². The van der Waals surface area contributed by atoms with Gasteiger partial charge in [0.25, 0.3) is 5.56 Å². The van der Waals surface area contributed by atoms with Crippen molar-refractivity contribution in [3.8, 4) is 11.3 Å². The predicted molar refractivity (Wildman–Crippen MR) is 105 cm³/mol. The fraction of sp³-hybridized carbons (Fsp3) is 0.429. The second kappa shape index (κ2) is 6.31. The Bertz CT molecular complexity index is 1090. The van der Waals surface area contributed by atoms with Gasteiger partial charge in [-0.1, -0.05) is 43.5 Å². The summed E-state index contributed by atoms with van der Waals surface area (Å²) in [6.45, 7) is 2.08. The van der Waals surface area contributed by atoms with Gasteiger partial charge in [-0.15, -0.1) is 0 Å². The van der Waals surface area contributed by atoms with Gasteiger partial charge in [0.2, 0.25) is 0 Å². The summed E-state index contributed by atoms with van der Waals surface area (Å²) in [5.41, 5.74) is 3.41. The second-order valence-electron chi connectivity index (χ2n) is 7.46. The van der Waals surface area contributed by atoms with Crippen LogP contribution in [0.25, 0.3) is 22.2 Å². The van der Waals surface area contributed by atoms with Gasteiger partial charge in [0.05, 0.1) is 16.6 Å². The van der Waals surface area contributed by atoms with E-state index in [1.165, 1.54) is 23.8 Å². The van der Waals surface area contributed by atoms with Crippen LogP contribution in [-0.2, 0) is 14.1 Å². The lowest BCUT2D eigenvalue weighted by molar-refractivity contribution is 0.357. The zero-order valence-electron chi connectivity index (χ0n) is 15.7. The Kier molecular flexibility index (Phi) is 4.10. The lowest BCUT2D eigenvalue weighted by Gasteiger charge is -2.26. The predicted octanol–water partition coefficient (Wildman–Crippen LogP) is 3.52. The van der Waals surface area contributed by atoms with Crippen LogP contribution in [0.1, 0.15) is 43.7 Å². The first-order chi connectivity index (χ1) is 12.5. The topological polar surface area (TPSA) is 48.9 Å². The first kappa shape index (κ1) is 16.9. The van der Waals surface area contributed by atoms with E-state index in [-0.39, 0.29) is 11.2 Å². The summed E-state index contributed by atoms with van der Waals surface area (Å²) in [7, 11) is 3.31. The third-order valence-corrected chi connectivity index (χ3v) is 5.83. The summed E-state index contributed by atoms with van der Waals surface area (Å²) in [6.07, 6.45) is 7.96. The summed E-state index contributed by atoms with van der Waals surface area (Å²) in [5, 5.41) is 0.648. The van der Waals surface area contributed by atoms with Crippen LogP contribution in [0.3, 0.4) is 0 Å². The molecule has 5 heteroatoms. The molecule has 0 amide bonds. The van der Waals surface area contributed by atoms with Gasteiger partial charge in [-0.2, -0.15) is 0 Å².